The number of nitrogens with zero attached hydrogens (tertiary/aromatic N) is 1. The molecule has 17 heavy (non-hydrogen) atoms. The second-order valence-electron chi connectivity index (χ2n) is 4.01. The molecule has 3 nitrogen and oxygen atoms in total. The normalized spacial score (nSPS) is 10.2. The van der Waals surface area contributed by atoms with Crippen molar-refractivity contribution in [3.63, 3.8) is 0 Å². The molecule has 1 aromatic heterocycles. The summed E-state index contributed by atoms with van der Waals surface area (Å²) in [6.45, 7) is 2.01. The molecule has 0 spiro atoms. The molecular weight excluding hydrogens is 214 g/mol. The van der Waals surface area contributed by atoms with E-state index < -0.39 is 0 Å². The molecular formula is C14H13NO2. The molecule has 0 unspecified atom stereocenters. The van der Waals surface area contributed by atoms with Gasteiger partial charge in [-0.1, -0.05) is 29.8 Å². The summed E-state index contributed by atoms with van der Waals surface area (Å²) in [7, 11) is 1.60. The molecule has 2 rings (SSSR count). The first-order valence-electron chi connectivity index (χ1n) is 5.35. The van der Waals surface area contributed by atoms with Crippen molar-refractivity contribution in [2.75, 3.05) is 0 Å². The van der Waals surface area contributed by atoms with E-state index in [1.807, 2.05) is 31.2 Å². The van der Waals surface area contributed by atoms with E-state index in [4.69, 9.17) is 0 Å². The van der Waals surface area contributed by atoms with Crippen LogP contribution in [0.15, 0.2) is 41.2 Å². The Hall–Kier alpha value is -2.16. The second kappa shape index (κ2) is 4.37. The Bertz CT molecular complexity index is 609. The van der Waals surface area contributed by atoms with Gasteiger partial charge >= 0.3 is 0 Å². The number of carbonyl (C=O) groups excluding carboxylic acids is 1. The molecule has 3 heteroatoms. The highest BCUT2D eigenvalue weighted by atomic mass is 16.1. The summed E-state index contributed by atoms with van der Waals surface area (Å²) in [6, 6.07) is 11.0. The highest BCUT2D eigenvalue weighted by Gasteiger charge is 2.08. The lowest BCUT2D eigenvalue weighted by molar-refractivity contribution is 0.111. The summed E-state index contributed by atoms with van der Waals surface area (Å²) < 4.78 is 1.36. The third-order valence-electron chi connectivity index (χ3n) is 2.83. The van der Waals surface area contributed by atoms with E-state index in [2.05, 4.69) is 0 Å². The number of aromatic nitrogens is 1. The molecule has 0 bridgehead atoms. The molecule has 2 aromatic rings. The minimum atomic E-state index is -0.178. The van der Waals surface area contributed by atoms with Gasteiger partial charge in [-0.2, -0.15) is 0 Å². The van der Waals surface area contributed by atoms with Crippen LogP contribution in [0.1, 0.15) is 16.1 Å². The fourth-order valence-corrected chi connectivity index (χ4v) is 1.77. The van der Waals surface area contributed by atoms with Crippen LogP contribution in [0.2, 0.25) is 0 Å². The Morgan fingerprint density at radius 1 is 1.06 bits per heavy atom. The van der Waals surface area contributed by atoms with E-state index in [9.17, 15) is 9.59 Å². The smallest absolute Gasteiger partial charge is 0.250 e. The van der Waals surface area contributed by atoms with Gasteiger partial charge in [0.25, 0.3) is 5.56 Å². The largest absolute Gasteiger partial charge is 0.308 e. The number of aryl methyl sites for hydroxylation is 1. The topological polar surface area (TPSA) is 39.1 Å². The molecule has 0 aliphatic rings. The zero-order chi connectivity index (χ0) is 12.4. The van der Waals surface area contributed by atoms with E-state index in [1.54, 1.807) is 13.1 Å². The summed E-state index contributed by atoms with van der Waals surface area (Å²) in [5.74, 6) is 0. The van der Waals surface area contributed by atoms with Crippen molar-refractivity contribution < 1.29 is 4.79 Å². The van der Waals surface area contributed by atoms with Gasteiger partial charge in [-0.05, 0) is 18.6 Å². The number of hydrogen-bond donors (Lipinski definition) is 0. The van der Waals surface area contributed by atoms with Crippen LogP contribution in [0.5, 0.6) is 0 Å². The van der Waals surface area contributed by atoms with Crippen LogP contribution in [0.3, 0.4) is 0 Å². The predicted molar refractivity (Wildman–Crippen MR) is 67.2 cm³/mol. The van der Waals surface area contributed by atoms with Crippen LogP contribution >= 0.6 is 0 Å². The van der Waals surface area contributed by atoms with Crippen LogP contribution in [-0.2, 0) is 7.05 Å². The summed E-state index contributed by atoms with van der Waals surface area (Å²) in [5.41, 5.74) is 3.10. The number of aldehydes is 1. The van der Waals surface area contributed by atoms with Crippen molar-refractivity contribution in [2.24, 2.45) is 7.05 Å². The maximum Gasteiger partial charge on any atom is 0.250 e. The summed E-state index contributed by atoms with van der Waals surface area (Å²) in [5, 5.41) is 0. The minimum absolute atomic E-state index is 0.178. The third kappa shape index (κ3) is 2.04. The summed E-state index contributed by atoms with van der Waals surface area (Å²) in [4.78, 5) is 22.5. The molecule has 0 radical (unpaired) electrons. The lowest BCUT2D eigenvalue weighted by atomic mass is 10.0. The SMILES string of the molecule is Cc1ccc(-c2ccc(=O)n(C)c2C=O)cc1. The van der Waals surface area contributed by atoms with Crippen molar-refractivity contribution in [1.82, 2.24) is 4.57 Å². The molecule has 86 valence electrons. The average molecular weight is 227 g/mol. The van der Waals surface area contributed by atoms with Gasteiger partial charge in [0.15, 0.2) is 6.29 Å². The van der Waals surface area contributed by atoms with Gasteiger partial charge in [0.1, 0.15) is 0 Å². The van der Waals surface area contributed by atoms with Gasteiger partial charge in [0.05, 0.1) is 5.69 Å². The van der Waals surface area contributed by atoms with Crippen molar-refractivity contribution in [2.45, 2.75) is 6.92 Å². The molecule has 0 amide bonds. The third-order valence-corrected chi connectivity index (χ3v) is 2.83. The molecule has 0 atom stereocenters. The van der Waals surface area contributed by atoms with Gasteiger partial charge in [-0.3, -0.25) is 9.59 Å². The number of carbonyl (C=O) groups is 1. The molecule has 0 aliphatic carbocycles. The van der Waals surface area contributed by atoms with Crippen molar-refractivity contribution in [3.05, 3.63) is 58.0 Å². The Morgan fingerprint density at radius 3 is 2.29 bits per heavy atom. The number of rotatable bonds is 2. The first-order chi connectivity index (χ1) is 8.13. The van der Waals surface area contributed by atoms with Crippen LogP contribution in [0.4, 0.5) is 0 Å². The lowest BCUT2D eigenvalue weighted by Crippen LogP contribution is -2.19. The van der Waals surface area contributed by atoms with Gasteiger partial charge < -0.3 is 4.57 Å². The fourth-order valence-electron chi connectivity index (χ4n) is 1.77. The van der Waals surface area contributed by atoms with E-state index in [0.717, 1.165) is 23.0 Å². The van der Waals surface area contributed by atoms with Crippen molar-refractivity contribution in [1.29, 1.82) is 0 Å². The molecule has 0 fully saturated rings. The molecule has 0 aliphatic heterocycles. The Morgan fingerprint density at radius 2 is 1.71 bits per heavy atom. The van der Waals surface area contributed by atoms with Gasteiger partial charge in [0, 0.05) is 18.7 Å². The minimum Gasteiger partial charge on any atom is -0.308 e. The van der Waals surface area contributed by atoms with Gasteiger partial charge in [-0.15, -0.1) is 0 Å². The van der Waals surface area contributed by atoms with Crippen LogP contribution < -0.4 is 5.56 Å². The molecule has 0 saturated heterocycles. The maximum atomic E-state index is 11.4. The highest BCUT2D eigenvalue weighted by Crippen LogP contribution is 2.21. The summed E-state index contributed by atoms with van der Waals surface area (Å²) in [6.07, 6.45) is 0.719. The molecule has 1 heterocycles. The highest BCUT2D eigenvalue weighted by molar-refractivity contribution is 5.85. The van der Waals surface area contributed by atoms with E-state index in [0.29, 0.717) is 5.69 Å². The van der Waals surface area contributed by atoms with Gasteiger partial charge in [-0.25, -0.2) is 0 Å². The van der Waals surface area contributed by atoms with Gasteiger partial charge in [0.2, 0.25) is 0 Å². The number of pyridine rings is 1. The predicted octanol–water partition coefficient (Wildman–Crippen LogP) is 2.17. The fraction of sp³-hybridized carbons (Fsp3) is 0.143. The Balaban J connectivity index is 2.67. The summed E-state index contributed by atoms with van der Waals surface area (Å²) >= 11 is 0. The van der Waals surface area contributed by atoms with Crippen molar-refractivity contribution in [3.8, 4) is 11.1 Å². The second-order valence-corrected chi connectivity index (χ2v) is 4.01. The first-order valence-corrected chi connectivity index (χ1v) is 5.35. The van der Waals surface area contributed by atoms with Crippen molar-refractivity contribution >= 4 is 6.29 Å². The van der Waals surface area contributed by atoms with Crippen LogP contribution in [-0.4, -0.2) is 10.9 Å². The quantitative estimate of drug-likeness (QED) is 0.737. The monoisotopic (exact) mass is 227 g/mol. The van der Waals surface area contributed by atoms with Crippen LogP contribution in [0, 0.1) is 6.92 Å². The van der Waals surface area contributed by atoms with Crippen LogP contribution in [0.25, 0.3) is 11.1 Å². The Kier molecular flexibility index (Phi) is 2.91. The maximum absolute atomic E-state index is 11.4. The zero-order valence-corrected chi connectivity index (χ0v) is 9.81. The first kappa shape index (κ1) is 11.3. The zero-order valence-electron chi connectivity index (χ0n) is 9.81. The molecule has 0 saturated carbocycles. The molecule has 0 N–H and O–H groups in total. The standard InChI is InChI=1S/C14H13NO2/c1-10-3-5-11(6-4-10)12-7-8-14(17)15(2)13(12)9-16/h3-9H,1-2H3. The van der Waals surface area contributed by atoms with E-state index >= 15 is 0 Å². The lowest BCUT2D eigenvalue weighted by Gasteiger charge is -2.09. The van der Waals surface area contributed by atoms with E-state index in [-0.39, 0.29) is 5.56 Å². The average Bonchev–Trinajstić information content (AvgIpc) is 2.34. The number of benzene rings is 1. The number of hydrogen-bond acceptors (Lipinski definition) is 2. The molecule has 1 aromatic carbocycles. The van der Waals surface area contributed by atoms with E-state index in [1.165, 1.54) is 10.6 Å². The Labute approximate surface area is 99.3 Å².